The molecule has 1 aliphatic rings. The molecule has 0 spiro atoms. The molecule has 1 saturated heterocycles. The number of para-hydroxylation sites is 2. The molecule has 0 bridgehead atoms. The number of aliphatic hydroxyl groups is 1. The topological polar surface area (TPSA) is 79.5 Å². The minimum Gasteiger partial charge on any atom is -0.491 e. The molecule has 2 heterocycles. The summed E-state index contributed by atoms with van der Waals surface area (Å²) in [7, 11) is -10.7. The van der Waals surface area contributed by atoms with E-state index in [-0.39, 0.29) is 12.9 Å². The molecule has 5 aromatic rings. The van der Waals surface area contributed by atoms with Crippen LogP contribution in [-0.2, 0) is 31.9 Å². The first-order valence-electron chi connectivity index (χ1n) is 19.1. The summed E-state index contributed by atoms with van der Waals surface area (Å²) in [6, 6.07) is 33.7. The third kappa shape index (κ3) is 16.0. The van der Waals surface area contributed by atoms with E-state index < -0.39 is 7.81 Å². The average molecular weight is 826 g/mol. The number of aromatic nitrogens is 1. The summed E-state index contributed by atoms with van der Waals surface area (Å²) in [5, 5.41) is 11.4. The molecule has 1 aromatic heterocycles. The van der Waals surface area contributed by atoms with Gasteiger partial charge < -0.3 is 33.5 Å². The summed E-state index contributed by atoms with van der Waals surface area (Å²) in [5.41, 5.74) is 6.01. The van der Waals surface area contributed by atoms with Gasteiger partial charge in [-0.15, -0.1) is 0 Å². The summed E-state index contributed by atoms with van der Waals surface area (Å²) in [6.45, 7) is 5.48. The van der Waals surface area contributed by atoms with Crippen molar-refractivity contribution in [2.75, 3.05) is 59.5 Å². The number of hydrogen-bond acceptors (Lipinski definition) is 7. The number of halogens is 6. The van der Waals surface area contributed by atoms with Gasteiger partial charge >= 0.3 is 33.0 Å². The predicted octanol–water partition coefficient (Wildman–Crippen LogP) is 10.7. The van der Waals surface area contributed by atoms with Crippen LogP contribution in [0.15, 0.2) is 97.1 Å². The standard InChI is InChI=1S/C42H50NO7.F6P/c44-24-7-9-33-15-19-35(20-16-33)47-31-29-45-27-28-46-30-32-48-36-21-17-34(18-22-36)42-37-10-1-3-12-39(37)43(40-13-4-2-11-38(40)42)23-8-26-50-41-14-5-6-25-49-41;1-7(2,3,4,5)6/h1-4,10-13,15-22,41,44H,5-9,14,23-32H2;/q+1;-1. The van der Waals surface area contributed by atoms with E-state index in [1.807, 2.05) is 36.4 Å². The van der Waals surface area contributed by atoms with E-state index in [1.54, 1.807) is 0 Å². The zero-order valence-corrected chi connectivity index (χ0v) is 32.6. The molecule has 57 heavy (non-hydrogen) atoms. The Hall–Kier alpha value is -4.04. The normalized spacial score (nSPS) is 15.7. The van der Waals surface area contributed by atoms with E-state index in [2.05, 4.69) is 65.2 Å². The van der Waals surface area contributed by atoms with E-state index in [0.29, 0.717) is 46.2 Å². The molecule has 0 radical (unpaired) electrons. The average Bonchev–Trinajstić information content (AvgIpc) is 3.19. The van der Waals surface area contributed by atoms with Crippen LogP contribution in [0.1, 0.15) is 37.7 Å². The van der Waals surface area contributed by atoms with Gasteiger partial charge in [-0.1, -0.05) is 48.5 Å². The number of benzene rings is 4. The first kappa shape index (κ1) is 44.1. The molecule has 4 aromatic carbocycles. The van der Waals surface area contributed by atoms with Crippen LogP contribution in [0, 0.1) is 0 Å². The Kier molecular flexibility index (Phi) is 15.5. The molecule has 1 N–H and O–H groups in total. The van der Waals surface area contributed by atoms with Crippen LogP contribution in [0.25, 0.3) is 32.9 Å². The molecule has 1 atom stereocenters. The van der Waals surface area contributed by atoms with Crippen molar-refractivity contribution in [1.82, 2.24) is 0 Å². The molecule has 15 heteroatoms. The molecular formula is C42H50F6NO7P. The molecule has 8 nitrogen and oxygen atoms in total. The van der Waals surface area contributed by atoms with E-state index >= 15 is 0 Å². The summed E-state index contributed by atoms with van der Waals surface area (Å²) >= 11 is 0. The van der Waals surface area contributed by atoms with Crippen molar-refractivity contribution in [2.45, 2.75) is 51.4 Å². The third-order valence-electron chi connectivity index (χ3n) is 8.95. The first-order chi connectivity index (χ1) is 27.2. The Morgan fingerprint density at radius 1 is 0.632 bits per heavy atom. The molecular weight excluding hydrogens is 775 g/mol. The number of hydrogen-bond donors (Lipinski definition) is 1. The van der Waals surface area contributed by atoms with Gasteiger partial charge in [-0.3, -0.25) is 0 Å². The molecule has 1 aliphatic heterocycles. The SMILES string of the molecule is F[P-](F)(F)(F)(F)F.OCCCc1ccc(OCCOCCOCCOc2ccc(-c3c4ccccc4[n+](CCCOC4CCCCO4)c4ccccc34)cc2)cc1. The zero-order chi connectivity index (χ0) is 40.6. The second-order valence-corrected chi connectivity index (χ2v) is 15.4. The predicted molar refractivity (Wildman–Crippen MR) is 209 cm³/mol. The fourth-order valence-corrected chi connectivity index (χ4v) is 6.46. The van der Waals surface area contributed by atoms with E-state index in [1.165, 1.54) is 39.4 Å². The number of nitrogens with zero attached hydrogens (tertiary/aromatic N) is 1. The van der Waals surface area contributed by atoms with Gasteiger partial charge in [0.05, 0.1) is 43.8 Å². The Bertz CT molecular complexity index is 1910. The molecule has 312 valence electrons. The Balaban J connectivity index is 0.000000811. The molecule has 1 fully saturated rings. The van der Waals surface area contributed by atoms with Crippen LogP contribution in [0.4, 0.5) is 25.2 Å². The zero-order valence-electron chi connectivity index (χ0n) is 31.7. The van der Waals surface area contributed by atoms with Gasteiger partial charge in [0, 0.05) is 37.3 Å². The van der Waals surface area contributed by atoms with Crippen molar-refractivity contribution in [2.24, 2.45) is 0 Å². The molecule has 0 aliphatic carbocycles. The minimum absolute atomic E-state index is 0.0558. The van der Waals surface area contributed by atoms with Crippen molar-refractivity contribution < 1.29 is 63.3 Å². The first-order valence-corrected chi connectivity index (χ1v) is 21.1. The second-order valence-electron chi connectivity index (χ2n) is 13.5. The maximum atomic E-state index is 9.87. The van der Waals surface area contributed by atoms with Crippen LogP contribution in [-0.4, -0.2) is 70.9 Å². The van der Waals surface area contributed by atoms with Crippen LogP contribution in [0.2, 0.25) is 0 Å². The van der Waals surface area contributed by atoms with Gasteiger partial charge in [-0.05, 0) is 79.6 Å². The van der Waals surface area contributed by atoms with E-state index in [4.69, 9.17) is 33.5 Å². The van der Waals surface area contributed by atoms with Crippen LogP contribution >= 0.6 is 7.81 Å². The number of aliphatic hydroxyl groups excluding tert-OH is 1. The van der Waals surface area contributed by atoms with Crippen LogP contribution in [0.5, 0.6) is 11.5 Å². The second kappa shape index (κ2) is 20.1. The number of fused-ring (bicyclic) bond motifs is 2. The minimum atomic E-state index is -10.7. The molecule has 1 unspecified atom stereocenters. The summed E-state index contributed by atoms with van der Waals surface area (Å²) < 4.78 is 96.5. The number of ether oxygens (including phenoxy) is 6. The maximum Gasteiger partial charge on any atom is 0.213 e. The van der Waals surface area contributed by atoms with Gasteiger partial charge in [0.25, 0.3) is 0 Å². The Morgan fingerprint density at radius 3 is 1.68 bits per heavy atom. The fourth-order valence-electron chi connectivity index (χ4n) is 6.46. The number of pyridine rings is 1. The quantitative estimate of drug-likeness (QED) is 0.0275. The largest absolute Gasteiger partial charge is 0.491 e. The summed E-state index contributed by atoms with van der Waals surface area (Å²) in [6.07, 6.45) is 5.80. The van der Waals surface area contributed by atoms with Gasteiger partial charge in [0.1, 0.15) is 24.7 Å². The number of aryl methyl sites for hydroxylation is 2. The van der Waals surface area contributed by atoms with Crippen molar-refractivity contribution in [3.8, 4) is 22.6 Å². The summed E-state index contributed by atoms with van der Waals surface area (Å²) in [4.78, 5) is 0. The monoisotopic (exact) mass is 825 g/mol. The van der Waals surface area contributed by atoms with Crippen molar-refractivity contribution in [1.29, 1.82) is 0 Å². The maximum absolute atomic E-state index is 10.7. The van der Waals surface area contributed by atoms with E-state index in [0.717, 1.165) is 62.3 Å². The van der Waals surface area contributed by atoms with Gasteiger partial charge in [-0.2, -0.15) is 4.57 Å². The van der Waals surface area contributed by atoms with Crippen molar-refractivity contribution in [3.63, 3.8) is 0 Å². The molecule has 0 saturated carbocycles. The fraction of sp³-hybridized carbons (Fsp3) is 0.405. The number of rotatable bonds is 20. The van der Waals surface area contributed by atoms with E-state index in [9.17, 15) is 25.2 Å². The smallest absolute Gasteiger partial charge is 0.213 e. The van der Waals surface area contributed by atoms with Crippen molar-refractivity contribution in [3.05, 3.63) is 103 Å². The van der Waals surface area contributed by atoms with Crippen molar-refractivity contribution >= 4 is 29.6 Å². The third-order valence-corrected chi connectivity index (χ3v) is 8.95. The Labute approximate surface area is 328 Å². The van der Waals surface area contributed by atoms with Gasteiger partial charge in [0.15, 0.2) is 12.8 Å². The Morgan fingerprint density at radius 2 is 1.16 bits per heavy atom. The van der Waals surface area contributed by atoms with Crippen LogP contribution in [0.3, 0.4) is 0 Å². The molecule has 6 rings (SSSR count). The van der Waals surface area contributed by atoms with Gasteiger partial charge in [0.2, 0.25) is 11.0 Å². The van der Waals surface area contributed by atoms with Crippen LogP contribution < -0.4 is 14.0 Å². The van der Waals surface area contributed by atoms with Gasteiger partial charge in [-0.25, -0.2) is 0 Å². The summed E-state index contributed by atoms with van der Waals surface area (Å²) in [5.74, 6) is 1.63. The molecule has 0 amide bonds.